The first-order chi connectivity index (χ1) is 13.8. The number of rotatable bonds is 6. The maximum absolute atomic E-state index is 3.61. The van der Waals surface area contributed by atoms with Gasteiger partial charge >= 0.3 is 0 Å². The Kier molecular flexibility index (Phi) is 6.48. The van der Waals surface area contributed by atoms with Crippen molar-refractivity contribution in [2.45, 2.75) is 118 Å². The molecule has 168 valence electrons. The fourth-order valence-corrected chi connectivity index (χ4v) is 9.54. The number of fused-ring (bicyclic) bond motifs is 5. The molecule has 4 fully saturated rings. The molecule has 9 atom stereocenters. The molecule has 4 rings (SSSR count). The van der Waals surface area contributed by atoms with Crippen LogP contribution in [0.3, 0.4) is 0 Å². The third kappa shape index (κ3) is 3.85. The predicted octanol–water partition coefficient (Wildman–Crippen LogP) is 7.70. The Morgan fingerprint density at radius 2 is 1.55 bits per heavy atom. The standard InChI is InChI=1S/C28H51N/c1-19(2)8-7-9-20(3)24-12-13-25-23-11-10-21-18-22(29-6)14-16-27(21,4)26(23)15-17-28(24,25)5/h19-26,29H,7-18H2,1-6H3/t20-,21+,22+,23-,24?,25?,26?,27?,28?/m1/s1. The molecule has 0 amide bonds. The summed E-state index contributed by atoms with van der Waals surface area (Å²) in [5.41, 5.74) is 1.31. The summed E-state index contributed by atoms with van der Waals surface area (Å²) >= 11 is 0. The van der Waals surface area contributed by atoms with Crippen LogP contribution in [-0.2, 0) is 0 Å². The summed E-state index contributed by atoms with van der Waals surface area (Å²) in [6.45, 7) is 12.9. The van der Waals surface area contributed by atoms with E-state index in [4.69, 9.17) is 0 Å². The van der Waals surface area contributed by atoms with Gasteiger partial charge in [-0.15, -0.1) is 0 Å². The van der Waals surface area contributed by atoms with Gasteiger partial charge < -0.3 is 5.32 Å². The van der Waals surface area contributed by atoms with Crippen LogP contribution in [0.15, 0.2) is 0 Å². The Balaban J connectivity index is 1.45. The lowest BCUT2D eigenvalue weighted by molar-refractivity contribution is -0.117. The van der Waals surface area contributed by atoms with Gasteiger partial charge in [0.15, 0.2) is 0 Å². The summed E-state index contributed by atoms with van der Waals surface area (Å²) in [5, 5.41) is 3.61. The number of nitrogens with one attached hydrogen (secondary N) is 1. The third-order valence-electron chi connectivity index (χ3n) is 11.3. The van der Waals surface area contributed by atoms with E-state index < -0.39 is 0 Å². The Morgan fingerprint density at radius 3 is 2.28 bits per heavy atom. The van der Waals surface area contributed by atoms with E-state index in [1.807, 2.05) is 0 Å². The van der Waals surface area contributed by atoms with Crippen LogP contribution < -0.4 is 5.32 Å². The van der Waals surface area contributed by atoms with Crippen LogP contribution in [0.2, 0.25) is 0 Å². The molecule has 29 heavy (non-hydrogen) atoms. The van der Waals surface area contributed by atoms with Crippen LogP contribution in [0.5, 0.6) is 0 Å². The lowest BCUT2D eigenvalue weighted by Crippen LogP contribution is -2.55. The predicted molar refractivity (Wildman–Crippen MR) is 126 cm³/mol. The molecule has 0 aromatic rings. The SMILES string of the molecule is CN[C@H]1CCC2(C)C3CCC4(C)C(CCC4[C@H](C)CCCC(C)C)[C@H]3CC[C@H]2C1. The second kappa shape index (κ2) is 8.48. The molecule has 4 saturated carbocycles. The van der Waals surface area contributed by atoms with Gasteiger partial charge in [-0.05, 0) is 117 Å². The Morgan fingerprint density at radius 1 is 0.828 bits per heavy atom. The van der Waals surface area contributed by atoms with E-state index in [1.54, 1.807) is 19.3 Å². The molecule has 0 bridgehead atoms. The Labute approximate surface area is 182 Å². The third-order valence-corrected chi connectivity index (χ3v) is 11.3. The minimum atomic E-state index is 0.651. The molecule has 1 heteroatoms. The molecule has 4 aliphatic carbocycles. The van der Waals surface area contributed by atoms with Crippen molar-refractivity contribution in [3.8, 4) is 0 Å². The quantitative estimate of drug-likeness (QED) is 0.481. The normalized spacial score (nSPS) is 48.1. The minimum absolute atomic E-state index is 0.651. The molecule has 0 radical (unpaired) electrons. The molecule has 0 aromatic heterocycles. The van der Waals surface area contributed by atoms with E-state index in [9.17, 15) is 0 Å². The van der Waals surface area contributed by atoms with E-state index in [2.05, 4.69) is 47.0 Å². The van der Waals surface area contributed by atoms with Crippen LogP contribution in [0.4, 0.5) is 0 Å². The van der Waals surface area contributed by atoms with Gasteiger partial charge in [0.1, 0.15) is 0 Å². The summed E-state index contributed by atoms with van der Waals surface area (Å²) in [5.74, 6) is 6.94. The lowest BCUT2D eigenvalue weighted by Gasteiger charge is -2.61. The highest BCUT2D eigenvalue weighted by Crippen LogP contribution is 2.68. The van der Waals surface area contributed by atoms with Gasteiger partial charge in [0, 0.05) is 6.04 Å². The highest BCUT2D eigenvalue weighted by Gasteiger charge is 2.60. The smallest absolute Gasteiger partial charge is 0.00671 e. The minimum Gasteiger partial charge on any atom is -0.317 e. The maximum Gasteiger partial charge on any atom is 0.00671 e. The summed E-state index contributed by atoms with van der Waals surface area (Å²) in [6.07, 6.45) is 18.0. The lowest BCUT2D eigenvalue weighted by atomic mass is 9.44. The molecule has 5 unspecified atom stereocenters. The van der Waals surface area contributed by atoms with E-state index >= 15 is 0 Å². The molecule has 1 N–H and O–H groups in total. The highest BCUT2D eigenvalue weighted by molar-refractivity contribution is 5.10. The first kappa shape index (κ1) is 22.2. The zero-order valence-corrected chi connectivity index (χ0v) is 20.6. The molecular formula is C28H51N. The van der Waals surface area contributed by atoms with Gasteiger partial charge in [-0.3, -0.25) is 0 Å². The summed E-state index contributed by atoms with van der Waals surface area (Å²) in [7, 11) is 2.19. The molecule has 0 spiro atoms. The van der Waals surface area contributed by atoms with Gasteiger partial charge in [0.25, 0.3) is 0 Å². The van der Waals surface area contributed by atoms with Gasteiger partial charge in [-0.1, -0.05) is 53.9 Å². The van der Waals surface area contributed by atoms with Crippen molar-refractivity contribution in [3.05, 3.63) is 0 Å². The van der Waals surface area contributed by atoms with Crippen molar-refractivity contribution in [2.24, 2.45) is 52.3 Å². The number of hydrogen-bond donors (Lipinski definition) is 1. The van der Waals surface area contributed by atoms with Crippen LogP contribution in [0.1, 0.15) is 112 Å². The average Bonchev–Trinajstić information content (AvgIpc) is 3.04. The van der Waals surface area contributed by atoms with Crippen molar-refractivity contribution in [1.82, 2.24) is 5.32 Å². The maximum atomic E-state index is 3.61. The average molecular weight is 402 g/mol. The summed E-state index contributed by atoms with van der Waals surface area (Å²) in [4.78, 5) is 0. The largest absolute Gasteiger partial charge is 0.317 e. The van der Waals surface area contributed by atoms with Gasteiger partial charge in [0.05, 0.1) is 0 Å². The molecule has 1 nitrogen and oxygen atoms in total. The van der Waals surface area contributed by atoms with Gasteiger partial charge in [-0.2, -0.15) is 0 Å². The van der Waals surface area contributed by atoms with Gasteiger partial charge in [0.2, 0.25) is 0 Å². The Bertz CT molecular complexity index is 555. The van der Waals surface area contributed by atoms with E-state index in [-0.39, 0.29) is 0 Å². The van der Waals surface area contributed by atoms with Crippen LogP contribution in [-0.4, -0.2) is 13.1 Å². The second-order valence-electron chi connectivity index (χ2n) is 12.9. The van der Waals surface area contributed by atoms with Crippen molar-refractivity contribution in [3.63, 3.8) is 0 Å². The summed E-state index contributed by atoms with van der Waals surface area (Å²) < 4.78 is 0. The fourth-order valence-electron chi connectivity index (χ4n) is 9.54. The first-order valence-corrected chi connectivity index (χ1v) is 13.5. The topological polar surface area (TPSA) is 12.0 Å². The molecule has 0 heterocycles. The zero-order valence-electron chi connectivity index (χ0n) is 20.6. The van der Waals surface area contributed by atoms with Crippen molar-refractivity contribution < 1.29 is 0 Å². The van der Waals surface area contributed by atoms with E-state index in [0.29, 0.717) is 10.8 Å². The summed E-state index contributed by atoms with van der Waals surface area (Å²) in [6, 6.07) is 0.793. The van der Waals surface area contributed by atoms with Crippen LogP contribution in [0.25, 0.3) is 0 Å². The van der Waals surface area contributed by atoms with Gasteiger partial charge in [-0.25, -0.2) is 0 Å². The fraction of sp³-hybridized carbons (Fsp3) is 1.00. The van der Waals surface area contributed by atoms with Crippen molar-refractivity contribution in [2.75, 3.05) is 7.05 Å². The monoisotopic (exact) mass is 401 g/mol. The van der Waals surface area contributed by atoms with Crippen molar-refractivity contribution >= 4 is 0 Å². The van der Waals surface area contributed by atoms with Crippen molar-refractivity contribution in [1.29, 1.82) is 0 Å². The van der Waals surface area contributed by atoms with E-state index in [0.717, 1.165) is 47.5 Å². The molecule has 0 saturated heterocycles. The first-order valence-electron chi connectivity index (χ1n) is 13.5. The zero-order chi connectivity index (χ0) is 20.8. The number of hydrogen-bond acceptors (Lipinski definition) is 1. The highest BCUT2D eigenvalue weighted by atomic mass is 14.9. The molecule has 0 aliphatic heterocycles. The molecule has 4 aliphatic rings. The Hall–Kier alpha value is -0.0400. The van der Waals surface area contributed by atoms with Crippen LogP contribution in [0, 0.1) is 52.3 Å². The van der Waals surface area contributed by atoms with E-state index in [1.165, 1.54) is 57.8 Å². The molecular weight excluding hydrogens is 350 g/mol. The second-order valence-corrected chi connectivity index (χ2v) is 12.9. The molecule has 0 aromatic carbocycles. The van der Waals surface area contributed by atoms with Crippen LogP contribution >= 0.6 is 0 Å².